The molecule has 0 aromatic rings. The van der Waals surface area contributed by atoms with Crippen molar-refractivity contribution in [2.45, 2.75) is 45.5 Å². The number of ether oxygens (including phenoxy) is 1. The highest BCUT2D eigenvalue weighted by molar-refractivity contribution is 5.91. The smallest absolute Gasteiger partial charge is 0.337 e. The van der Waals surface area contributed by atoms with Gasteiger partial charge in [-0.2, -0.15) is 0 Å². The lowest BCUT2D eigenvalue weighted by atomic mass is 9.82. The largest absolute Gasteiger partial charge is 0.463 e. The van der Waals surface area contributed by atoms with Crippen LogP contribution in [0.15, 0.2) is 23.4 Å². The molecule has 0 aromatic heterocycles. The van der Waals surface area contributed by atoms with Crippen LogP contribution in [-0.2, 0) is 9.53 Å². The van der Waals surface area contributed by atoms with E-state index in [0.717, 1.165) is 19.3 Å². The fraction of sp³-hybridized carbons (Fsp3) is 0.643. The maximum absolute atomic E-state index is 12.1. The van der Waals surface area contributed by atoms with Crippen LogP contribution < -0.4 is 10.6 Å². The second-order valence-corrected chi connectivity index (χ2v) is 4.99. The summed E-state index contributed by atoms with van der Waals surface area (Å²) in [6, 6.07) is -0.153. The zero-order valence-corrected chi connectivity index (χ0v) is 11.5. The molecule has 0 bridgehead atoms. The van der Waals surface area contributed by atoms with Crippen molar-refractivity contribution in [2.24, 2.45) is 5.92 Å². The summed E-state index contributed by atoms with van der Waals surface area (Å²) in [7, 11) is 0. The Morgan fingerprint density at radius 2 is 2.32 bits per heavy atom. The molecule has 5 nitrogen and oxygen atoms in total. The van der Waals surface area contributed by atoms with Crippen molar-refractivity contribution in [3.05, 3.63) is 23.4 Å². The first kappa shape index (κ1) is 14.1. The molecular formula is C14H22N2O3. The second kappa shape index (κ2) is 6.21. The number of allylic oxidation sites excluding steroid dienone is 3. The number of hydrogen-bond acceptors (Lipinski definition) is 5. The van der Waals surface area contributed by atoms with Crippen molar-refractivity contribution >= 4 is 5.97 Å². The molecule has 0 saturated heterocycles. The number of aliphatic hydroxyl groups excluding tert-OH is 1. The van der Waals surface area contributed by atoms with Crippen LogP contribution in [0.2, 0.25) is 0 Å². The van der Waals surface area contributed by atoms with Gasteiger partial charge in [0.15, 0.2) is 6.35 Å². The highest BCUT2D eigenvalue weighted by Crippen LogP contribution is 2.29. The van der Waals surface area contributed by atoms with E-state index in [9.17, 15) is 9.90 Å². The minimum Gasteiger partial charge on any atom is -0.463 e. The molecule has 0 spiro atoms. The van der Waals surface area contributed by atoms with Gasteiger partial charge in [-0.1, -0.05) is 12.2 Å². The van der Waals surface area contributed by atoms with Crippen molar-refractivity contribution in [1.29, 1.82) is 0 Å². The summed E-state index contributed by atoms with van der Waals surface area (Å²) < 4.78 is 5.13. The Balaban J connectivity index is 2.24. The molecule has 0 fully saturated rings. The Kier molecular flexibility index (Phi) is 4.61. The molecule has 0 amide bonds. The molecule has 106 valence electrons. The molecule has 5 heteroatoms. The third kappa shape index (κ3) is 3.16. The summed E-state index contributed by atoms with van der Waals surface area (Å²) in [6.07, 6.45) is 6.44. The van der Waals surface area contributed by atoms with Gasteiger partial charge in [0, 0.05) is 11.7 Å². The average Bonchev–Trinajstić information content (AvgIpc) is 2.39. The molecule has 3 N–H and O–H groups in total. The standard InChI is InChI=1S/C14H22N2O3/c1-3-19-13(17)11-9(2)15-14(18)16-12(11)10-7-5-4-6-8-10/h4-5,10,12,14-16,18H,3,6-8H2,1-2H3. The third-order valence-corrected chi connectivity index (χ3v) is 3.68. The SMILES string of the molecule is CCOC(=O)C1=C(C)NC(O)NC1C1CC=CCC1. The topological polar surface area (TPSA) is 70.6 Å². The summed E-state index contributed by atoms with van der Waals surface area (Å²) >= 11 is 0. The lowest BCUT2D eigenvalue weighted by Gasteiger charge is -2.37. The quantitative estimate of drug-likeness (QED) is 0.525. The van der Waals surface area contributed by atoms with Crippen LogP contribution in [0.25, 0.3) is 0 Å². The normalized spacial score (nSPS) is 31.0. The van der Waals surface area contributed by atoms with E-state index in [4.69, 9.17) is 4.74 Å². The minimum absolute atomic E-state index is 0.153. The Hall–Kier alpha value is -1.33. The van der Waals surface area contributed by atoms with Crippen LogP contribution in [0.1, 0.15) is 33.1 Å². The molecule has 1 aliphatic heterocycles. The first-order valence-electron chi connectivity index (χ1n) is 6.87. The average molecular weight is 266 g/mol. The number of aliphatic hydroxyl groups is 1. The maximum Gasteiger partial charge on any atom is 0.337 e. The molecule has 1 aliphatic carbocycles. The molecule has 19 heavy (non-hydrogen) atoms. The summed E-state index contributed by atoms with van der Waals surface area (Å²) in [6.45, 7) is 3.96. The van der Waals surface area contributed by atoms with Crippen LogP contribution >= 0.6 is 0 Å². The summed E-state index contributed by atoms with van der Waals surface area (Å²) in [4.78, 5) is 12.1. The fourth-order valence-electron chi connectivity index (χ4n) is 2.79. The Morgan fingerprint density at radius 3 is 2.95 bits per heavy atom. The highest BCUT2D eigenvalue weighted by atomic mass is 16.5. The Bertz CT molecular complexity index is 403. The molecule has 3 atom stereocenters. The van der Waals surface area contributed by atoms with Gasteiger partial charge in [0.2, 0.25) is 0 Å². The number of carbonyl (C=O) groups excluding carboxylic acids is 1. The summed E-state index contributed by atoms with van der Waals surface area (Å²) in [5.74, 6) is 0.0163. The van der Waals surface area contributed by atoms with Crippen molar-refractivity contribution in [1.82, 2.24) is 10.6 Å². The van der Waals surface area contributed by atoms with Crippen LogP contribution in [0.5, 0.6) is 0 Å². The third-order valence-electron chi connectivity index (χ3n) is 3.68. The van der Waals surface area contributed by atoms with Gasteiger partial charge in [0.1, 0.15) is 0 Å². The highest BCUT2D eigenvalue weighted by Gasteiger charge is 2.35. The molecule has 3 unspecified atom stereocenters. The minimum atomic E-state index is -0.811. The van der Waals surface area contributed by atoms with E-state index >= 15 is 0 Å². The first-order valence-corrected chi connectivity index (χ1v) is 6.87. The van der Waals surface area contributed by atoms with Crippen molar-refractivity contribution in [3.8, 4) is 0 Å². The van der Waals surface area contributed by atoms with E-state index in [1.807, 2.05) is 6.92 Å². The van der Waals surface area contributed by atoms with E-state index in [-0.39, 0.29) is 12.0 Å². The van der Waals surface area contributed by atoms with Gasteiger partial charge in [-0.15, -0.1) is 0 Å². The van der Waals surface area contributed by atoms with E-state index in [0.29, 0.717) is 23.8 Å². The van der Waals surface area contributed by atoms with Gasteiger partial charge < -0.3 is 15.2 Å². The van der Waals surface area contributed by atoms with Gasteiger partial charge in [0.25, 0.3) is 0 Å². The van der Waals surface area contributed by atoms with E-state index in [1.165, 1.54) is 0 Å². The van der Waals surface area contributed by atoms with Gasteiger partial charge in [-0.3, -0.25) is 5.32 Å². The van der Waals surface area contributed by atoms with Crippen molar-refractivity contribution in [2.75, 3.05) is 6.61 Å². The molecule has 0 aromatic carbocycles. The Morgan fingerprint density at radius 1 is 1.53 bits per heavy atom. The maximum atomic E-state index is 12.1. The number of esters is 1. The molecule has 1 heterocycles. The monoisotopic (exact) mass is 266 g/mol. The second-order valence-electron chi connectivity index (χ2n) is 4.99. The molecule has 0 saturated carbocycles. The van der Waals surface area contributed by atoms with Crippen LogP contribution in [0, 0.1) is 5.92 Å². The van der Waals surface area contributed by atoms with E-state index in [1.54, 1.807) is 6.92 Å². The van der Waals surface area contributed by atoms with Gasteiger partial charge in [-0.05, 0) is 39.0 Å². The first-order chi connectivity index (χ1) is 9.13. The number of nitrogens with one attached hydrogen (secondary N) is 2. The zero-order chi connectivity index (χ0) is 13.8. The summed E-state index contributed by atoms with van der Waals surface area (Å²) in [5.41, 5.74) is 1.32. The summed E-state index contributed by atoms with van der Waals surface area (Å²) in [5, 5.41) is 15.7. The zero-order valence-electron chi connectivity index (χ0n) is 11.5. The molecular weight excluding hydrogens is 244 g/mol. The van der Waals surface area contributed by atoms with E-state index < -0.39 is 6.35 Å². The van der Waals surface area contributed by atoms with Gasteiger partial charge >= 0.3 is 5.97 Å². The number of hydrogen-bond donors (Lipinski definition) is 3. The lowest BCUT2D eigenvalue weighted by Crippen LogP contribution is -2.56. The number of carbonyl (C=O) groups is 1. The van der Waals surface area contributed by atoms with Crippen LogP contribution in [0.4, 0.5) is 0 Å². The molecule has 2 aliphatic rings. The van der Waals surface area contributed by atoms with Crippen molar-refractivity contribution in [3.63, 3.8) is 0 Å². The fourth-order valence-corrected chi connectivity index (χ4v) is 2.79. The van der Waals surface area contributed by atoms with Crippen LogP contribution in [0.3, 0.4) is 0 Å². The number of rotatable bonds is 3. The van der Waals surface area contributed by atoms with Crippen molar-refractivity contribution < 1.29 is 14.6 Å². The van der Waals surface area contributed by atoms with Crippen LogP contribution in [-0.4, -0.2) is 30.1 Å². The van der Waals surface area contributed by atoms with Gasteiger partial charge in [-0.25, -0.2) is 4.79 Å². The lowest BCUT2D eigenvalue weighted by molar-refractivity contribution is -0.139. The van der Waals surface area contributed by atoms with Gasteiger partial charge in [0.05, 0.1) is 12.2 Å². The Labute approximate surface area is 113 Å². The predicted molar refractivity (Wildman–Crippen MR) is 71.9 cm³/mol. The predicted octanol–water partition coefficient (Wildman–Crippen LogP) is 1.02. The van der Waals surface area contributed by atoms with E-state index in [2.05, 4.69) is 22.8 Å². The molecule has 0 radical (unpaired) electrons. The molecule has 2 rings (SSSR count).